The van der Waals surface area contributed by atoms with Crippen LogP contribution in [0.2, 0.25) is 0 Å². The largest absolute Gasteiger partial charge is 0.492 e. The highest BCUT2D eigenvalue weighted by Crippen LogP contribution is 2.16. The van der Waals surface area contributed by atoms with Gasteiger partial charge >= 0.3 is 0 Å². The minimum absolute atomic E-state index is 0.156. The van der Waals surface area contributed by atoms with Crippen LogP contribution in [-0.4, -0.2) is 70.9 Å². The molecule has 9 nitrogen and oxygen atoms in total. The second-order valence-corrected chi connectivity index (χ2v) is 8.71. The van der Waals surface area contributed by atoms with Crippen LogP contribution >= 0.6 is 0 Å². The molecule has 1 saturated heterocycles. The van der Waals surface area contributed by atoms with Crippen molar-refractivity contribution in [1.29, 1.82) is 0 Å². The van der Waals surface area contributed by atoms with Crippen molar-refractivity contribution < 1.29 is 14.3 Å². The molecule has 192 valence electrons. The van der Waals surface area contributed by atoms with Crippen LogP contribution in [0.25, 0.3) is 5.65 Å². The number of hydrogen-bond donors (Lipinski definition) is 2. The van der Waals surface area contributed by atoms with Gasteiger partial charge in [-0.15, -0.1) is 0 Å². The number of rotatable bonds is 9. The number of imidazole rings is 1. The first-order valence-electron chi connectivity index (χ1n) is 12.3. The van der Waals surface area contributed by atoms with E-state index in [0.717, 1.165) is 44.2 Å². The van der Waals surface area contributed by atoms with E-state index >= 15 is 0 Å². The standard InChI is InChI=1S/C28H32N6O3/c1-21(6-9-25-20-30-27-5-4-12-31-34(25)27)23(3)29-19-22(2)28(35)32-24-7-10-26(11-8-24)37-18-15-33-13-16-36-17-14-33/h4-5,7-8,10-12,19-20,23,29H,1,13-18H2,2-3H3,(H,32,35)/b22-19+. The zero-order chi connectivity index (χ0) is 26.0. The molecule has 9 heteroatoms. The van der Waals surface area contributed by atoms with Gasteiger partial charge in [0.05, 0.1) is 25.5 Å². The van der Waals surface area contributed by atoms with Crippen molar-refractivity contribution in [2.45, 2.75) is 19.9 Å². The third-order valence-electron chi connectivity index (χ3n) is 5.95. The predicted octanol–water partition coefficient (Wildman–Crippen LogP) is 2.87. The minimum Gasteiger partial charge on any atom is -0.492 e. The second kappa shape index (κ2) is 12.7. The fourth-order valence-electron chi connectivity index (χ4n) is 3.56. The molecule has 0 spiro atoms. The van der Waals surface area contributed by atoms with Gasteiger partial charge in [-0.05, 0) is 56.2 Å². The number of carbonyl (C=O) groups excluding carboxylic acids is 1. The molecule has 2 N–H and O–H groups in total. The number of aromatic nitrogens is 3. The Kier molecular flexibility index (Phi) is 8.92. The zero-order valence-corrected chi connectivity index (χ0v) is 21.2. The number of anilines is 1. The monoisotopic (exact) mass is 500 g/mol. The van der Waals surface area contributed by atoms with Gasteiger partial charge in [0.1, 0.15) is 18.1 Å². The molecule has 0 bridgehead atoms. The average molecular weight is 501 g/mol. The third-order valence-corrected chi connectivity index (χ3v) is 5.95. The Bertz CT molecular complexity index is 1310. The first-order chi connectivity index (χ1) is 18.0. The molecule has 1 unspecified atom stereocenters. The van der Waals surface area contributed by atoms with Crippen LogP contribution in [0.4, 0.5) is 5.69 Å². The smallest absolute Gasteiger partial charge is 0.252 e. The van der Waals surface area contributed by atoms with Crippen LogP contribution in [0, 0.1) is 11.8 Å². The van der Waals surface area contributed by atoms with E-state index in [4.69, 9.17) is 9.47 Å². The lowest BCUT2D eigenvalue weighted by Gasteiger charge is -2.26. The van der Waals surface area contributed by atoms with Gasteiger partial charge in [-0.25, -0.2) is 9.50 Å². The summed E-state index contributed by atoms with van der Waals surface area (Å²) in [6, 6.07) is 10.9. The van der Waals surface area contributed by atoms with Gasteiger partial charge in [-0.1, -0.05) is 12.5 Å². The van der Waals surface area contributed by atoms with Crippen molar-refractivity contribution in [2.75, 3.05) is 44.8 Å². The van der Waals surface area contributed by atoms with Crippen LogP contribution in [0.3, 0.4) is 0 Å². The second-order valence-electron chi connectivity index (χ2n) is 8.71. The molecular formula is C28H32N6O3. The summed E-state index contributed by atoms with van der Waals surface area (Å²) in [6.07, 6.45) is 5.04. The van der Waals surface area contributed by atoms with Crippen molar-refractivity contribution in [3.63, 3.8) is 0 Å². The predicted molar refractivity (Wildman–Crippen MR) is 143 cm³/mol. The highest BCUT2D eigenvalue weighted by atomic mass is 16.5. The van der Waals surface area contributed by atoms with Crippen molar-refractivity contribution in [3.8, 4) is 17.6 Å². The van der Waals surface area contributed by atoms with Gasteiger partial charge < -0.3 is 20.1 Å². The molecule has 3 heterocycles. The molecule has 1 fully saturated rings. The highest BCUT2D eigenvalue weighted by Gasteiger charge is 2.10. The van der Waals surface area contributed by atoms with E-state index in [9.17, 15) is 4.79 Å². The lowest BCUT2D eigenvalue weighted by Crippen LogP contribution is -2.38. The highest BCUT2D eigenvalue weighted by molar-refractivity contribution is 6.03. The summed E-state index contributed by atoms with van der Waals surface area (Å²) in [7, 11) is 0. The van der Waals surface area contributed by atoms with Crippen LogP contribution in [-0.2, 0) is 9.53 Å². The lowest BCUT2D eigenvalue weighted by molar-refractivity contribution is -0.112. The number of nitrogens with zero attached hydrogens (tertiary/aromatic N) is 4. The van der Waals surface area contributed by atoms with Crippen molar-refractivity contribution >= 4 is 17.2 Å². The van der Waals surface area contributed by atoms with Crippen molar-refractivity contribution in [2.24, 2.45) is 0 Å². The molecule has 0 saturated carbocycles. The summed E-state index contributed by atoms with van der Waals surface area (Å²) in [4.78, 5) is 19.2. The topological polar surface area (TPSA) is 93.0 Å². The Balaban J connectivity index is 1.23. The van der Waals surface area contributed by atoms with Crippen LogP contribution < -0.4 is 15.4 Å². The Hall–Kier alpha value is -4.13. The molecular weight excluding hydrogens is 468 g/mol. The van der Waals surface area contributed by atoms with E-state index < -0.39 is 0 Å². The summed E-state index contributed by atoms with van der Waals surface area (Å²) in [6.45, 7) is 12.6. The quantitative estimate of drug-likeness (QED) is 0.345. The van der Waals surface area contributed by atoms with Crippen LogP contribution in [0.1, 0.15) is 19.5 Å². The Morgan fingerprint density at radius 1 is 1.27 bits per heavy atom. The van der Waals surface area contributed by atoms with Gasteiger partial charge in [0.2, 0.25) is 0 Å². The normalized spacial score (nSPS) is 14.9. The Morgan fingerprint density at radius 3 is 2.84 bits per heavy atom. The molecule has 1 amide bonds. The van der Waals surface area contributed by atoms with Crippen LogP contribution in [0.15, 0.2) is 72.7 Å². The summed E-state index contributed by atoms with van der Waals surface area (Å²) in [5, 5.41) is 10.3. The molecule has 1 atom stereocenters. The fourth-order valence-corrected chi connectivity index (χ4v) is 3.56. The zero-order valence-electron chi connectivity index (χ0n) is 21.2. The molecule has 2 aromatic heterocycles. The maximum atomic E-state index is 12.6. The van der Waals surface area contributed by atoms with E-state index in [1.807, 2.05) is 43.3 Å². The summed E-state index contributed by atoms with van der Waals surface area (Å²) in [5.74, 6) is 6.68. The van der Waals surface area contributed by atoms with E-state index in [1.165, 1.54) is 0 Å². The summed E-state index contributed by atoms with van der Waals surface area (Å²) in [5.41, 5.74) is 3.33. The van der Waals surface area contributed by atoms with Crippen molar-refractivity contribution in [1.82, 2.24) is 24.8 Å². The molecule has 1 aromatic carbocycles. The Morgan fingerprint density at radius 2 is 2.05 bits per heavy atom. The first kappa shape index (κ1) is 25.9. The van der Waals surface area contributed by atoms with E-state index in [1.54, 1.807) is 30.0 Å². The van der Waals surface area contributed by atoms with E-state index in [0.29, 0.717) is 29.1 Å². The number of amides is 1. The molecule has 3 aromatic rings. The lowest BCUT2D eigenvalue weighted by atomic mass is 10.1. The summed E-state index contributed by atoms with van der Waals surface area (Å²) >= 11 is 0. The maximum Gasteiger partial charge on any atom is 0.252 e. The number of nitrogens with one attached hydrogen (secondary N) is 2. The molecule has 0 radical (unpaired) electrons. The number of ether oxygens (including phenoxy) is 2. The van der Waals surface area contributed by atoms with E-state index in [2.05, 4.69) is 44.0 Å². The average Bonchev–Trinajstić information content (AvgIpc) is 3.34. The number of fused-ring (bicyclic) bond motifs is 1. The first-order valence-corrected chi connectivity index (χ1v) is 12.3. The fraction of sp³-hybridized carbons (Fsp3) is 0.321. The van der Waals surface area contributed by atoms with E-state index in [-0.39, 0.29) is 11.9 Å². The van der Waals surface area contributed by atoms with Crippen LogP contribution in [0.5, 0.6) is 5.75 Å². The number of hydrogen-bond acceptors (Lipinski definition) is 7. The number of carbonyl (C=O) groups is 1. The molecule has 37 heavy (non-hydrogen) atoms. The number of benzene rings is 1. The van der Waals surface area contributed by atoms with Gasteiger partial charge in [-0.3, -0.25) is 9.69 Å². The molecule has 4 rings (SSSR count). The van der Waals surface area contributed by atoms with Crippen molar-refractivity contribution in [3.05, 3.63) is 78.4 Å². The molecule has 1 aliphatic heterocycles. The third kappa shape index (κ3) is 7.43. The summed E-state index contributed by atoms with van der Waals surface area (Å²) < 4.78 is 12.9. The van der Waals surface area contributed by atoms with Gasteiger partial charge in [0.25, 0.3) is 5.91 Å². The molecule has 1 aliphatic rings. The number of morpholine rings is 1. The maximum absolute atomic E-state index is 12.6. The SMILES string of the molecule is C=C(C#Cc1cnc2cccnn12)C(C)N/C=C(\C)C(=O)Nc1ccc(OCCN2CCOCC2)cc1. The van der Waals surface area contributed by atoms with Gasteiger partial charge in [0, 0.05) is 48.9 Å². The van der Waals surface area contributed by atoms with Gasteiger partial charge in [-0.2, -0.15) is 5.10 Å². The Labute approximate surface area is 217 Å². The van der Waals surface area contributed by atoms with Gasteiger partial charge in [0.15, 0.2) is 5.65 Å². The molecule has 0 aliphatic carbocycles. The minimum atomic E-state index is -0.200.